The van der Waals surface area contributed by atoms with Crippen molar-refractivity contribution in [2.24, 2.45) is 5.41 Å². The summed E-state index contributed by atoms with van der Waals surface area (Å²) in [7, 11) is 2.05. The Labute approximate surface area is 155 Å². The number of carbonyl (C=O) groups excluding carboxylic acids is 1. The Morgan fingerprint density at radius 2 is 2.08 bits per heavy atom. The number of pyridine rings is 1. The molecule has 138 valence electrons. The number of likely N-dealkylation sites (N-methyl/N-ethyl adjacent to an activating group) is 1. The minimum atomic E-state index is -0.368. The second-order valence-corrected chi connectivity index (χ2v) is 9.10. The number of hydrogen-bond acceptors (Lipinski definition) is 5. The van der Waals surface area contributed by atoms with Crippen LogP contribution in [0.3, 0.4) is 0 Å². The van der Waals surface area contributed by atoms with Crippen LogP contribution >= 0.6 is 0 Å². The van der Waals surface area contributed by atoms with Crippen molar-refractivity contribution in [1.29, 1.82) is 5.26 Å². The molecule has 1 amide bonds. The highest BCUT2D eigenvalue weighted by Crippen LogP contribution is 2.48. The Morgan fingerprint density at radius 1 is 1.35 bits per heavy atom. The van der Waals surface area contributed by atoms with Gasteiger partial charge >= 0.3 is 0 Å². The molecule has 1 aromatic rings. The van der Waals surface area contributed by atoms with Crippen molar-refractivity contribution in [1.82, 2.24) is 9.88 Å². The van der Waals surface area contributed by atoms with Crippen LogP contribution in [0.4, 0.5) is 11.5 Å². The number of hydrogen-bond donors (Lipinski definition) is 0. The molecule has 6 heteroatoms. The number of rotatable bonds is 2. The van der Waals surface area contributed by atoms with E-state index in [1.165, 1.54) is 0 Å². The molecule has 3 aliphatic rings. The normalized spacial score (nSPS) is 24.7. The first-order valence-corrected chi connectivity index (χ1v) is 9.42. The number of aromatic nitrogens is 1. The van der Waals surface area contributed by atoms with Crippen LogP contribution in [0.1, 0.15) is 39.2 Å². The summed E-state index contributed by atoms with van der Waals surface area (Å²) in [5.41, 5.74) is 1.59. The van der Waals surface area contributed by atoms with Gasteiger partial charge in [-0.1, -0.05) is 20.8 Å². The fourth-order valence-corrected chi connectivity index (χ4v) is 3.88. The van der Waals surface area contributed by atoms with Gasteiger partial charge in [0.2, 0.25) is 0 Å². The fourth-order valence-electron chi connectivity index (χ4n) is 3.88. The van der Waals surface area contributed by atoms with Gasteiger partial charge in [0.1, 0.15) is 6.04 Å². The van der Waals surface area contributed by atoms with E-state index in [1.807, 2.05) is 11.1 Å². The van der Waals surface area contributed by atoms with Crippen LogP contribution in [-0.2, 0) is 10.2 Å². The molecule has 0 aromatic carbocycles. The average molecular weight is 353 g/mol. The van der Waals surface area contributed by atoms with Crippen molar-refractivity contribution >= 4 is 17.4 Å². The zero-order chi connectivity index (χ0) is 18.7. The first-order valence-electron chi connectivity index (χ1n) is 9.42. The molecular weight excluding hydrogens is 326 g/mol. The first kappa shape index (κ1) is 17.3. The number of carbonyl (C=O) groups is 1. The predicted molar refractivity (Wildman–Crippen MR) is 101 cm³/mol. The highest BCUT2D eigenvalue weighted by molar-refractivity contribution is 6.05. The fraction of sp³-hybridized carbons (Fsp3) is 0.650. The number of nitriles is 1. The van der Waals surface area contributed by atoms with Gasteiger partial charge in [0.25, 0.3) is 5.91 Å². The van der Waals surface area contributed by atoms with Crippen LogP contribution in [0.2, 0.25) is 0 Å². The van der Waals surface area contributed by atoms with Crippen molar-refractivity contribution < 1.29 is 4.79 Å². The van der Waals surface area contributed by atoms with Crippen LogP contribution in [-0.4, -0.2) is 55.1 Å². The number of fused-ring (bicyclic) bond motifs is 3. The monoisotopic (exact) mass is 353 g/mol. The average Bonchev–Trinajstić information content (AvgIpc) is 3.37. The molecule has 0 spiro atoms. The van der Waals surface area contributed by atoms with E-state index in [0.717, 1.165) is 43.0 Å². The van der Waals surface area contributed by atoms with E-state index in [-0.39, 0.29) is 22.8 Å². The van der Waals surface area contributed by atoms with E-state index in [4.69, 9.17) is 4.98 Å². The molecule has 0 bridgehead atoms. The number of piperazine rings is 1. The number of nitrogens with zero attached hydrogens (tertiary/aromatic N) is 5. The highest BCUT2D eigenvalue weighted by Gasteiger charge is 2.49. The maximum atomic E-state index is 13.4. The zero-order valence-corrected chi connectivity index (χ0v) is 16.1. The van der Waals surface area contributed by atoms with Crippen molar-refractivity contribution in [3.05, 3.63) is 17.8 Å². The van der Waals surface area contributed by atoms with Gasteiger partial charge < -0.3 is 14.7 Å². The Hall–Kier alpha value is -2.13. The molecular formula is C20H27N5O. The van der Waals surface area contributed by atoms with Gasteiger partial charge in [-0.25, -0.2) is 4.98 Å². The van der Waals surface area contributed by atoms with E-state index < -0.39 is 0 Å². The second-order valence-electron chi connectivity index (χ2n) is 9.10. The van der Waals surface area contributed by atoms with Crippen LogP contribution < -0.4 is 9.80 Å². The van der Waals surface area contributed by atoms with Gasteiger partial charge in [0.05, 0.1) is 17.2 Å². The summed E-state index contributed by atoms with van der Waals surface area (Å²) >= 11 is 0. The molecule has 2 aliphatic heterocycles. The Morgan fingerprint density at radius 3 is 2.69 bits per heavy atom. The van der Waals surface area contributed by atoms with Crippen LogP contribution in [0.5, 0.6) is 0 Å². The third-order valence-electron chi connectivity index (χ3n) is 5.96. The maximum absolute atomic E-state index is 13.4. The lowest BCUT2D eigenvalue weighted by Crippen LogP contribution is -2.63. The molecule has 0 N–H and O–H groups in total. The maximum Gasteiger partial charge on any atom is 0.251 e. The van der Waals surface area contributed by atoms with Gasteiger partial charge in [-0.3, -0.25) is 4.79 Å². The third-order valence-corrected chi connectivity index (χ3v) is 5.96. The van der Waals surface area contributed by atoms with E-state index in [1.54, 1.807) is 0 Å². The van der Waals surface area contributed by atoms with Gasteiger partial charge in [0, 0.05) is 32.4 Å². The van der Waals surface area contributed by atoms with E-state index >= 15 is 0 Å². The molecule has 1 saturated heterocycles. The third kappa shape index (κ3) is 2.75. The Kier molecular flexibility index (Phi) is 3.78. The molecule has 0 radical (unpaired) electrons. The van der Waals surface area contributed by atoms with Crippen LogP contribution in [0.15, 0.2) is 12.3 Å². The lowest BCUT2D eigenvalue weighted by Gasteiger charge is -2.47. The minimum absolute atomic E-state index is 0.0395. The van der Waals surface area contributed by atoms with Crippen molar-refractivity contribution in [3.8, 4) is 6.07 Å². The summed E-state index contributed by atoms with van der Waals surface area (Å²) in [5, 5.41) is 9.56. The quantitative estimate of drug-likeness (QED) is 0.815. The van der Waals surface area contributed by atoms with Gasteiger partial charge in [0.15, 0.2) is 5.82 Å². The Balaban J connectivity index is 1.80. The topological polar surface area (TPSA) is 63.5 Å². The van der Waals surface area contributed by atoms with Crippen molar-refractivity contribution in [2.75, 3.05) is 43.0 Å². The van der Waals surface area contributed by atoms with Crippen molar-refractivity contribution in [2.45, 2.75) is 45.1 Å². The summed E-state index contributed by atoms with van der Waals surface area (Å²) in [5.74, 6) is 1.00. The molecule has 2 fully saturated rings. The van der Waals surface area contributed by atoms with Gasteiger partial charge in [-0.15, -0.1) is 0 Å². The first-order chi connectivity index (χ1) is 12.2. The predicted octanol–water partition coefficient (Wildman–Crippen LogP) is 2.15. The van der Waals surface area contributed by atoms with Gasteiger partial charge in [-0.2, -0.15) is 5.26 Å². The van der Waals surface area contributed by atoms with Crippen LogP contribution in [0, 0.1) is 16.7 Å². The van der Waals surface area contributed by atoms with Crippen LogP contribution in [0.25, 0.3) is 0 Å². The second kappa shape index (κ2) is 5.68. The Bertz CT molecular complexity index is 786. The van der Waals surface area contributed by atoms with E-state index in [0.29, 0.717) is 13.1 Å². The molecule has 1 saturated carbocycles. The summed E-state index contributed by atoms with van der Waals surface area (Å²) in [4.78, 5) is 24.4. The van der Waals surface area contributed by atoms with Gasteiger partial charge in [-0.05, 0) is 36.9 Å². The van der Waals surface area contributed by atoms with Crippen molar-refractivity contribution in [3.63, 3.8) is 0 Å². The zero-order valence-electron chi connectivity index (χ0n) is 16.1. The summed E-state index contributed by atoms with van der Waals surface area (Å²) in [6, 6.07) is 4.35. The molecule has 1 aromatic heterocycles. The number of amides is 1. The number of anilines is 2. The molecule has 1 aliphatic carbocycles. The molecule has 1 atom stereocenters. The molecule has 0 unspecified atom stereocenters. The lowest BCUT2D eigenvalue weighted by molar-refractivity contribution is -0.121. The molecule has 3 heterocycles. The molecule has 26 heavy (non-hydrogen) atoms. The smallest absolute Gasteiger partial charge is 0.251 e. The summed E-state index contributed by atoms with van der Waals surface area (Å²) in [6.07, 6.45) is 3.70. The highest BCUT2D eigenvalue weighted by atomic mass is 16.2. The largest absolute Gasteiger partial charge is 0.340 e. The van der Waals surface area contributed by atoms with E-state index in [2.05, 4.69) is 49.8 Å². The summed E-state index contributed by atoms with van der Waals surface area (Å²) < 4.78 is 0. The lowest BCUT2D eigenvalue weighted by atomic mass is 9.87. The summed E-state index contributed by atoms with van der Waals surface area (Å²) in [6.45, 7) is 9.38. The van der Waals surface area contributed by atoms with E-state index in [9.17, 15) is 10.1 Å². The SMILES string of the molecule is CN1CCN2c3ncc(C(C)(C)C)cc3N(CC3(C#N)CC3)C(=O)[C@H]2C1. The standard InChI is InChI=1S/C20H27N5O/c1-19(2,3)14-9-15-17(22-10-14)24-8-7-23(4)11-16(24)18(26)25(15)13-20(12-21)5-6-20/h9-10,16H,5-8,11,13H2,1-4H3/t16-/m1/s1. The minimum Gasteiger partial charge on any atom is -0.340 e. The molecule has 6 nitrogen and oxygen atoms in total. The molecule has 4 rings (SSSR count).